The van der Waals surface area contributed by atoms with E-state index in [0.717, 1.165) is 18.3 Å². The maximum atomic E-state index is 11.4. The van der Waals surface area contributed by atoms with Crippen LogP contribution in [0.1, 0.15) is 73.1 Å². The Morgan fingerprint density at radius 2 is 1.96 bits per heavy atom. The number of aliphatic hydroxyl groups excluding tert-OH is 1. The van der Waals surface area contributed by atoms with E-state index in [0.29, 0.717) is 36.2 Å². The lowest BCUT2D eigenvalue weighted by atomic mass is 9.60. The molecule has 0 saturated heterocycles. The second kappa shape index (κ2) is 7.21. The Morgan fingerprint density at radius 1 is 1.24 bits per heavy atom. The normalized spacial score (nSPS) is 47.1. The van der Waals surface area contributed by atoms with Gasteiger partial charge in [0.2, 0.25) is 0 Å². The van der Waals surface area contributed by atoms with Crippen molar-refractivity contribution in [3.63, 3.8) is 0 Å². The predicted octanol–water partition coefficient (Wildman–Crippen LogP) is 4.67. The zero-order chi connectivity index (χ0) is 18.4. The molecule has 1 N–H and O–H groups in total. The van der Waals surface area contributed by atoms with Crippen molar-refractivity contribution in [3.05, 3.63) is 0 Å². The van der Waals surface area contributed by atoms with Crippen LogP contribution in [0.15, 0.2) is 0 Å². The molecule has 144 valence electrons. The van der Waals surface area contributed by atoms with Crippen LogP contribution in [0.2, 0.25) is 0 Å². The summed E-state index contributed by atoms with van der Waals surface area (Å²) in [4.78, 5) is 11.4. The summed E-state index contributed by atoms with van der Waals surface area (Å²) in [5, 5.41) is 11.2. The van der Waals surface area contributed by atoms with Crippen LogP contribution < -0.4 is 0 Å². The number of hydrogen-bond donors (Lipinski definition) is 1. The molecule has 0 aromatic heterocycles. The number of carbonyl (C=O) groups is 1. The molecule has 0 spiro atoms. The Hall–Kier alpha value is -0.570. The summed E-state index contributed by atoms with van der Waals surface area (Å²) in [5.41, 5.74) is 0.280. The Bertz CT molecular complexity index is 488. The second-order valence-electron chi connectivity index (χ2n) is 10.1. The van der Waals surface area contributed by atoms with Crippen LogP contribution in [0.25, 0.3) is 0 Å². The molecule has 25 heavy (non-hydrogen) atoms. The lowest BCUT2D eigenvalue weighted by molar-refractivity contribution is -0.144. The van der Waals surface area contributed by atoms with Crippen molar-refractivity contribution in [1.82, 2.24) is 0 Å². The van der Waals surface area contributed by atoms with Gasteiger partial charge in [0.25, 0.3) is 0 Å². The van der Waals surface area contributed by atoms with E-state index >= 15 is 0 Å². The fraction of sp³-hybridized carbons (Fsp3) is 0.955. The third-order valence-corrected chi connectivity index (χ3v) is 8.17. The van der Waals surface area contributed by atoms with Crippen LogP contribution in [-0.4, -0.2) is 23.8 Å². The van der Waals surface area contributed by atoms with Crippen molar-refractivity contribution in [1.29, 1.82) is 0 Å². The largest absolute Gasteiger partial charge is 0.466 e. The summed E-state index contributed by atoms with van der Waals surface area (Å²) in [7, 11) is 0. The first-order valence-electron chi connectivity index (χ1n) is 10.5. The highest BCUT2D eigenvalue weighted by Gasteiger charge is 2.54. The van der Waals surface area contributed by atoms with Gasteiger partial charge >= 0.3 is 5.97 Å². The minimum absolute atomic E-state index is 0.190. The number of rotatable bonds is 3. The first kappa shape index (κ1) is 19.2. The van der Waals surface area contributed by atoms with Crippen molar-refractivity contribution in [2.24, 2.45) is 46.8 Å². The van der Waals surface area contributed by atoms with E-state index in [9.17, 15) is 9.90 Å². The van der Waals surface area contributed by atoms with Crippen molar-refractivity contribution in [2.75, 3.05) is 6.61 Å². The van der Waals surface area contributed by atoms with Crippen LogP contribution in [0.4, 0.5) is 0 Å². The molecule has 3 saturated carbocycles. The van der Waals surface area contributed by atoms with E-state index in [2.05, 4.69) is 27.7 Å². The first-order chi connectivity index (χ1) is 11.7. The number of aliphatic hydroxyl groups is 1. The van der Waals surface area contributed by atoms with Crippen molar-refractivity contribution in [2.45, 2.75) is 79.2 Å². The third kappa shape index (κ3) is 3.63. The van der Waals surface area contributed by atoms with Crippen LogP contribution in [-0.2, 0) is 9.53 Å². The monoisotopic (exact) mass is 350 g/mol. The molecule has 3 heteroatoms. The minimum atomic E-state index is -0.252. The molecule has 0 amide bonds. The summed E-state index contributed by atoms with van der Waals surface area (Å²) in [6.45, 7) is 11.5. The smallest absolute Gasteiger partial charge is 0.302 e. The fourth-order valence-corrected chi connectivity index (χ4v) is 6.92. The quantitative estimate of drug-likeness (QED) is 0.752. The van der Waals surface area contributed by atoms with Gasteiger partial charge in [0, 0.05) is 6.92 Å². The highest BCUT2D eigenvalue weighted by Crippen LogP contribution is 2.60. The summed E-state index contributed by atoms with van der Waals surface area (Å²) in [5.74, 6) is 3.90. The molecular weight excluding hydrogens is 312 g/mol. The van der Waals surface area contributed by atoms with Crippen molar-refractivity contribution >= 4 is 5.97 Å². The molecule has 3 aliphatic rings. The SMILES string of the molecule is CC(=O)OC[C@@H]1C[C@H](O)[C@H]2[C@H](C(C)C)CC[C@]2(C)C[C@@H]2[C@H]1CC[C@H]2C. The summed E-state index contributed by atoms with van der Waals surface area (Å²) < 4.78 is 5.43. The number of hydrogen-bond acceptors (Lipinski definition) is 3. The van der Waals surface area contributed by atoms with Gasteiger partial charge in [0.1, 0.15) is 0 Å². The van der Waals surface area contributed by atoms with Gasteiger partial charge in [0.15, 0.2) is 0 Å². The summed E-state index contributed by atoms with van der Waals surface area (Å²) >= 11 is 0. The topological polar surface area (TPSA) is 46.5 Å². The van der Waals surface area contributed by atoms with Gasteiger partial charge in [-0.15, -0.1) is 0 Å². The molecule has 3 fully saturated rings. The Kier molecular flexibility index (Phi) is 5.54. The van der Waals surface area contributed by atoms with E-state index in [1.54, 1.807) is 0 Å². The second-order valence-corrected chi connectivity index (χ2v) is 10.1. The molecule has 0 unspecified atom stereocenters. The number of carbonyl (C=O) groups excluding carboxylic acids is 1. The van der Waals surface area contributed by atoms with Crippen molar-refractivity contribution in [3.8, 4) is 0 Å². The molecule has 0 radical (unpaired) electrons. The molecule has 3 nitrogen and oxygen atoms in total. The molecule has 0 heterocycles. The zero-order valence-electron chi connectivity index (χ0n) is 16.8. The average molecular weight is 351 g/mol. The summed E-state index contributed by atoms with van der Waals surface area (Å²) in [6, 6.07) is 0. The molecule has 0 bridgehead atoms. The predicted molar refractivity (Wildman–Crippen MR) is 99.9 cm³/mol. The fourth-order valence-electron chi connectivity index (χ4n) is 6.92. The van der Waals surface area contributed by atoms with E-state index < -0.39 is 0 Å². The molecule has 0 aromatic rings. The van der Waals surface area contributed by atoms with Gasteiger partial charge in [-0.1, -0.05) is 34.1 Å². The average Bonchev–Trinajstić information content (AvgIpc) is 3.04. The van der Waals surface area contributed by atoms with Gasteiger partial charge in [0.05, 0.1) is 12.7 Å². The highest BCUT2D eigenvalue weighted by molar-refractivity contribution is 5.65. The van der Waals surface area contributed by atoms with E-state index in [1.807, 2.05) is 0 Å². The van der Waals surface area contributed by atoms with Gasteiger partial charge in [-0.2, -0.15) is 0 Å². The van der Waals surface area contributed by atoms with Crippen LogP contribution in [0.3, 0.4) is 0 Å². The molecule has 8 atom stereocenters. The maximum Gasteiger partial charge on any atom is 0.302 e. The Labute approximate surface area is 153 Å². The van der Waals surface area contributed by atoms with Crippen LogP contribution in [0, 0.1) is 46.8 Å². The molecular formula is C22H38O3. The molecule has 3 aliphatic carbocycles. The lowest BCUT2D eigenvalue weighted by Gasteiger charge is -2.46. The van der Waals surface area contributed by atoms with E-state index in [-0.39, 0.29) is 17.5 Å². The van der Waals surface area contributed by atoms with Gasteiger partial charge in [-0.25, -0.2) is 0 Å². The Balaban J connectivity index is 1.88. The third-order valence-electron chi connectivity index (χ3n) is 8.17. The highest BCUT2D eigenvalue weighted by atomic mass is 16.5. The number of esters is 1. The van der Waals surface area contributed by atoms with Gasteiger partial charge < -0.3 is 9.84 Å². The lowest BCUT2D eigenvalue weighted by Crippen LogP contribution is -2.44. The maximum absolute atomic E-state index is 11.4. The van der Waals surface area contributed by atoms with Crippen molar-refractivity contribution < 1.29 is 14.6 Å². The zero-order valence-corrected chi connectivity index (χ0v) is 16.8. The van der Waals surface area contributed by atoms with E-state index in [4.69, 9.17) is 4.74 Å². The molecule has 3 rings (SSSR count). The number of fused-ring (bicyclic) bond motifs is 2. The minimum Gasteiger partial charge on any atom is -0.466 e. The standard InChI is InChI=1S/C22H38O3/c1-13(2)17-8-9-22(5)11-19-14(3)6-7-18(19)16(12-25-15(4)23)10-20(24)21(17)22/h13-14,16-21,24H,6-12H2,1-5H3/t14-,16+,17+,18+,19+,20+,21-,22-/m1/s1. The molecule has 0 aromatic carbocycles. The Morgan fingerprint density at radius 3 is 2.60 bits per heavy atom. The molecule has 0 aliphatic heterocycles. The first-order valence-corrected chi connectivity index (χ1v) is 10.5. The van der Waals surface area contributed by atoms with Gasteiger partial charge in [-0.3, -0.25) is 4.79 Å². The van der Waals surface area contributed by atoms with Crippen LogP contribution in [0.5, 0.6) is 0 Å². The van der Waals surface area contributed by atoms with Gasteiger partial charge in [-0.05, 0) is 78.9 Å². The van der Waals surface area contributed by atoms with Crippen LogP contribution >= 0.6 is 0 Å². The summed E-state index contributed by atoms with van der Waals surface area (Å²) in [6.07, 6.45) is 6.86. The van der Waals surface area contributed by atoms with E-state index in [1.165, 1.54) is 39.0 Å². The number of ether oxygens (including phenoxy) is 1.